The van der Waals surface area contributed by atoms with E-state index in [4.69, 9.17) is 9.47 Å². The first kappa shape index (κ1) is 11.6. The number of aliphatic hydroxyl groups excluding tert-OH is 1. The Kier molecular flexibility index (Phi) is 3.98. The number of carbonyl (C=O) groups is 1. The SMILES string of the molecule is O=C(N1CCOCC1)N1CCOCC1CO. The lowest BCUT2D eigenvalue weighted by molar-refractivity contribution is -0.0233. The van der Waals surface area contributed by atoms with Crippen molar-refractivity contribution in [2.75, 3.05) is 52.7 Å². The van der Waals surface area contributed by atoms with Crippen LogP contribution in [0.15, 0.2) is 0 Å². The van der Waals surface area contributed by atoms with Gasteiger partial charge in [0.2, 0.25) is 0 Å². The minimum Gasteiger partial charge on any atom is -0.394 e. The quantitative estimate of drug-likeness (QED) is 0.636. The molecule has 6 heteroatoms. The van der Waals surface area contributed by atoms with E-state index in [0.717, 1.165) is 0 Å². The van der Waals surface area contributed by atoms with Crippen LogP contribution in [0.4, 0.5) is 4.79 Å². The average Bonchev–Trinajstić information content (AvgIpc) is 2.39. The molecular weight excluding hydrogens is 212 g/mol. The van der Waals surface area contributed by atoms with Gasteiger partial charge in [0.05, 0.1) is 39.1 Å². The summed E-state index contributed by atoms with van der Waals surface area (Å²) in [5, 5.41) is 9.19. The first-order valence-corrected chi connectivity index (χ1v) is 5.65. The Morgan fingerprint density at radius 2 is 1.88 bits per heavy atom. The molecule has 2 amide bonds. The van der Waals surface area contributed by atoms with Gasteiger partial charge in [0.1, 0.15) is 0 Å². The number of ether oxygens (including phenoxy) is 2. The monoisotopic (exact) mass is 230 g/mol. The van der Waals surface area contributed by atoms with Crippen molar-refractivity contribution in [3.8, 4) is 0 Å². The lowest BCUT2D eigenvalue weighted by Gasteiger charge is -2.39. The highest BCUT2D eigenvalue weighted by atomic mass is 16.5. The summed E-state index contributed by atoms with van der Waals surface area (Å²) in [6.45, 7) is 3.94. The molecule has 0 bridgehead atoms. The van der Waals surface area contributed by atoms with E-state index in [1.54, 1.807) is 9.80 Å². The van der Waals surface area contributed by atoms with Gasteiger partial charge in [-0.1, -0.05) is 0 Å². The van der Waals surface area contributed by atoms with Crippen LogP contribution in [0.3, 0.4) is 0 Å². The van der Waals surface area contributed by atoms with Crippen LogP contribution >= 0.6 is 0 Å². The number of rotatable bonds is 1. The summed E-state index contributed by atoms with van der Waals surface area (Å²) in [6, 6.07) is -0.213. The first-order valence-electron chi connectivity index (χ1n) is 5.65. The maximum atomic E-state index is 12.2. The molecule has 0 aromatic carbocycles. The molecule has 2 aliphatic heterocycles. The van der Waals surface area contributed by atoms with Crippen LogP contribution in [-0.4, -0.2) is 79.6 Å². The predicted molar refractivity (Wildman–Crippen MR) is 56.2 cm³/mol. The van der Waals surface area contributed by atoms with Crippen molar-refractivity contribution < 1.29 is 19.4 Å². The zero-order valence-corrected chi connectivity index (χ0v) is 9.30. The maximum absolute atomic E-state index is 12.2. The lowest BCUT2D eigenvalue weighted by Crippen LogP contribution is -2.56. The van der Waals surface area contributed by atoms with Crippen molar-refractivity contribution >= 4 is 6.03 Å². The van der Waals surface area contributed by atoms with E-state index in [1.807, 2.05) is 0 Å². The van der Waals surface area contributed by atoms with E-state index in [9.17, 15) is 9.90 Å². The second-order valence-electron chi connectivity index (χ2n) is 3.99. The fraction of sp³-hybridized carbons (Fsp3) is 0.900. The molecule has 0 aromatic rings. The standard InChI is InChI=1S/C10H18N2O4/c13-7-9-8-16-6-3-12(9)10(14)11-1-4-15-5-2-11/h9,13H,1-8H2. The van der Waals surface area contributed by atoms with Gasteiger partial charge in [-0.25, -0.2) is 4.79 Å². The molecular formula is C10H18N2O4. The molecule has 2 fully saturated rings. The van der Waals surface area contributed by atoms with Crippen LogP contribution in [0.25, 0.3) is 0 Å². The molecule has 1 N–H and O–H groups in total. The summed E-state index contributed by atoms with van der Waals surface area (Å²) in [5.41, 5.74) is 0. The van der Waals surface area contributed by atoms with Crippen LogP contribution < -0.4 is 0 Å². The minimum atomic E-state index is -0.205. The Balaban J connectivity index is 1.95. The molecule has 0 radical (unpaired) electrons. The Morgan fingerprint density at radius 3 is 2.56 bits per heavy atom. The van der Waals surface area contributed by atoms with Crippen LogP contribution in [0.2, 0.25) is 0 Å². The number of carbonyl (C=O) groups excluding carboxylic acids is 1. The van der Waals surface area contributed by atoms with Gasteiger partial charge in [-0.05, 0) is 0 Å². The fourth-order valence-corrected chi connectivity index (χ4v) is 1.99. The zero-order valence-electron chi connectivity index (χ0n) is 9.30. The molecule has 6 nitrogen and oxygen atoms in total. The number of hydrogen-bond acceptors (Lipinski definition) is 4. The third kappa shape index (κ3) is 2.45. The van der Waals surface area contributed by atoms with E-state index in [0.29, 0.717) is 46.1 Å². The van der Waals surface area contributed by atoms with Crippen LogP contribution in [0.5, 0.6) is 0 Å². The number of nitrogens with zero attached hydrogens (tertiary/aromatic N) is 2. The second-order valence-corrected chi connectivity index (χ2v) is 3.99. The number of amides is 2. The van der Waals surface area contributed by atoms with Crippen molar-refractivity contribution in [2.24, 2.45) is 0 Å². The maximum Gasteiger partial charge on any atom is 0.320 e. The van der Waals surface area contributed by atoms with Crippen LogP contribution in [0.1, 0.15) is 0 Å². The van der Waals surface area contributed by atoms with Crippen molar-refractivity contribution in [1.29, 1.82) is 0 Å². The van der Waals surface area contributed by atoms with Crippen molar-refractivity contribution in [3.05, 3.63) is 0 Å². The zero-order chi connectivity index (χ0) is 11.4. The van der Waals surface area contributed by atoms with Gasteiger partial charge < -0.3 is 24.4 Å². The molecule has 0 aromatic heterocycles. The fourth-order valence-electron chi connectivity index (χ4n) is 1.99. The Hall–Kier alpha value is -0.850. The van der Waals surface area contributed by atoms with E-state index in [2.05, 4.69) is 0 Å². The van der Waals surface area contributed by atoms with E-state index >= 15 is 0 Å². The first-order chi connectivity index (χ1) is 7.83. The predicted octanol–water partition coefficient (Wildman–Crippen LogP) is -0.868. The highest BCUT2D eigenvalue weighted by molar-refractivity contribution is 5.75. The molecule has 92 valence electrons. The Labute approximate surface area is 94.7 Å². The van der Waals surface area contributed by atoms with Crippen LogP contribution in [0, 0.1) is 0 Å². The smallest absolute Gasteiger partial charge is 0.320 e. The minimum absolute atomic E-state index is 0.00866. The summed E-state index contributed by atoms with van der Waals surface area (Å²) in [6.07, 6.45) is 0. The third-order valence-corrected chi connectivity index (χ3v) is 2.97. The highest BCUT2D eigenvalue weighted by Gasteiger charge is 2.30. The van der Waals surface area contributed by atoms with Crippen molar-refractivity contribution in [1.82, 2.24) is 9.80 Å². The van der Waals surface area contributed by atoms with Gasteiger partial charge in [0.25, 0.3) is 0 Å². The van der Waals surface area contributed by atoms with E-state index < -0.39 is 0 Å². The van der Waals surface area contributed by atoms with Gasteiger partial charge in [0.15, 0.2) is 0 Å². The van der Waals surface area contributed by atoms with Gasteiger partial charge in [-0.2, -0.15) is 0 Å². The Bertz CT molecular complexity index is 243. The van der Waals surface area contributed by atoms with Crippen LogP contribution in [-0.2, 0) is 9.47 Å². The van der Waals surface area contributed by atoms with Gasteiger partial charge in [-0.3, -0.25) is 0 Å². The van der Waals surface area contributed by atoms with Gasteiger partial charge in [0, 0.05) is 19.6 Å². The molecule has 0 spiro atoms. The number of urea groups is 1. The molecule has 2 aliphatic rings. The van der Waals surface area contributed by atoms with Crippen molar-refractivity contribution in [2.45, 2.75) is 6.04 Å². The van der Waals surface area contributed by atoms with E-state index in [1.165, 1.54) is 0 Å². The van der Waals surface area contributed by atoms with E-state index in [-0.39, 0.29) is 18.7 Å². The number of morpholine rings is 2. The highest BCUT2D eigenvalue weighted by Crippen LogP contribution is 2.11. The molecule has 1 unspecified atom stereocenters. The lowest BCUT2D eigenvalue weighted by atomic mass is 10.2. The number of hydrogen-bond donors (Lipinski definition) is 1. The average molecular weight is 230 g/mol. The molecule has 2 rings (SSSR count). The van der Waals surface area contributed by atoms with Gasteiger partial charge in [-0.15, -0.1) is 0 Å². The summed E-state index contributed by atoms with van der Waals surface area (Å²) in [5.74, 6) is 0. The third-order valence-electron chi connectivity index (χ3n) is 2.97. The molecule has 0 aliphatic carbocycles. The molecule has 2 saturated heterocycles. The van der Waals surface area contributed by atoms with Crippen molar-refractivity contribution in [3.63, 3.8) is 0 Å². The summed E-state index contributed by atoms with van der Waals surface area (Å²) in [4.78, 5) is 15.6. The van der Waals surface area contributed by atoms with Gasteiger partial charge >= 0.3 is 6.03 Å². The molecule has 1 atom stereocenters. The molecule has 2 heterocycles. The second kappa shape index (κ2) is 5.47. The normalized spacial score (nSPS) is 26.9. The summed E-state index contributed by atoms with van der Waals surface area (Å²) >= 11 is 0. The summed E-state index contributed by atoms with van der Waals surface area (Å²) in [7, 11) is 0. The number of aliphatic hydroxyl groups is 1. The summed E-state index contributed by atoms with van der Waals surface area (Å²) < 4.78 is 10.4. The topological polar surface area (TPSA) is 62.2 Å². The molecule has 16 heavy (non-hydrogen) atoms. The molecule has 0 saturated carbocycles. The Morgan fingerprint density at radius 1 is 1.19 bits per heavy atom. The largest absolute Gasteiger partial charge is 0.394 e.